The van der Waals surface area contributed by atoms with Crippen LogP contribution in [0.3, 0.4) is 0 Å². The summed E-state index contributed by atoms with van der Waals surface area (Å²) < 4.78 is 0. The number of amides is 2. The van der Waals surface area contributed by atoms with Crippen LogP contribution in [0.2, 0.25) is 0 Å². The highest BCUT2D eigenvalue weighted by atomic mass is 16.2. The Hall–Kier alpha value is -2.62. The second-order valence-electron chi connectivity index (χ2n) is 6.01. The Labute approximate surface area is 136 Å². The maximum atomic E-state index is 12.8. The number of benzene rings is 2. The number of carbonyl (C=O) groups excluding carboxylic acids is 2. The Morgan fingerprint density at radius 1 is 1.13 bits per heavy atom. The molecule has 1 atom stereocenters. The van der Waals surface area contributed by atoms with Gasteiger partial charge in [0.2, 0.25) is 11.8 Å². The van der Waals surface area contributed by atoms with Crippen LogP contribution in [0, 0.1) is 13.8 Å². The summed E-state index contributed by atoms with van der Waals surface area (Å²) in [5.41, 5.74) is 4.69. The number of nitrogens with zero attached hydrogens (tertiary/aromatic N) is 1. The predicted molar refractivity (Wildman–Crippen MR) is 91.8 cm³/mol. The van der Waals surface area contributed by atoms with E-state index in [4.69, 9.17) is 0 Å². The number of aryl methyl sites for hydroxylation is 1. The van der Waals surface area contributed by atoms with Gasteiger partial charge in [0.15, 0.2) is 0 Å². The van der Waals surface area contributed by atoms with E-state index in [2.05, 4.69) is 5.32 Å². The molecule has 1 aliphatic heterocycles. The van der Waals surface area contributed by atoms with Gasteiger partial charge in [-0.2, -0.15) is 0 Å². The fraction of sp³-hybridized carbons (Fsp3) is 0.263. The number of rotatable bonds is 2. The van der Waals surface area contributed by atoms with Crippen molar-refractivity contribution < 1.29 is 9.59 Å². The fourth-order valence-corrected chi connectivity index (χ4v) is 2.98. The topological polar surface area (TPSA) is 49.4 Å². The maximum Gasteiger partial charge on any atom is 0.232 e. The first-order chi connectivity index (χ1) is 11.0. The summed E-state index contributed by atoms with van der Waals surface area (Å²) in [5, 5.41) is 2.99. The third-order valence-corrected chi connectivity index (χ3v) is 4.61. The number of hydrogen-bond donors (Lipinski definition) is 1. The number of carbonyl (C=O) groups is 2. The Balaban J connectivity index is 1.92. The predicted octanol–water partition coefficient (Wildman–Crippen LogP) is 3.39. The van der Waals surface area contributed by atoms with Gasteiger partial charge in [-0.3, -0.25) is 9.59 Å². The number of fused-ring (bicyclic) bond motifs is 1. The second-order valence-corrected chi connectivity index (χ2v) is 6.01. The highest BCUT2D eigenvalue weighted by Crippen LogP contribution is 2.36. The first-order valence-electron chi connectivity index (χ1n) is 7.71. The van der Waals surface area contributed by atoms with E-state index < -0.39 is 5.92 Å². The monoisotopic (exact) mass is 308 g/mol. The average Bonchev–Trinajstić information content (AvgIpc) is 2.55. The minimum atomic E-state index is -0.449. The molecule has 23 heavy (non-hydrogen) atoms. The fourth-order valence-electron chi connectivity index (χ4n) is 2.98. The molecular weight excluding hydrogens is 288 g/mol. The molecule has 2 aromatic rings. The van der Waals surface area contributed by atoms with Gasteiger partial charge in [0, 0.05) is 24.8 Å². The van der Waals surface area contributed by atoms with E-state index in [1.54, 1.807) is 11.9 Å². The van der Waals surface area contributed by atoms with Crippen LogP contribution in [-0.2, 0) is 9.59 Å². The quantitative estimate of drug-likeness (QED) is 0.924. The lowest BCUT2D eigenvalue weighted by Gasteiger charge is -2.31. The van der Waals surface area contributed by atoms with E-state index in [0.29, 0.717) is 0 Å². The standard InChI is InChI=1S/C19H20N2O2/c1-12-7-6-9-16(13(12)2)20-19(23)15-11-18(22)21(3)17-10-5-4-8-14(15)17/h4-10,15H,11H2,1-3H3,(H,20,23). The third kappa shape index (κ3) is 2.72. The van der Waals surface area contributed by atoms with Crippen molar-refractivity contribution in [2.45, 2.75) is 26.2 Å². The summed E-state index contributed by atoms with van der Waals surface area (Å²) in [5.74, 6) is -0.618. The summed E-state index contributed by atoms with van der Waals surface area (Å²) in [6.07, 6.45) is 0.199. The van der Waals surface area contributed by atoms with Crippen LogP contribution in [0.25, 0.3) is 0 Å². The summed E-state index contributed by atoms with van der Waals surface area (Å²) in [6, 6.07) is 13.4. The highest BCUT2D eigenvalue weighted by Gasteiger charge is 2.33. The molecule has 0 saturated carbocycles. The summed E-state index contributed by atoms with van der Waals surface area (Å²) in [4.78, 5) is 26.6. The van der Waals surface area contributed by atoms with Crippen molar-refractivity contribution in [3.63, 3.8) is 0 Å². The molecular formula is C19H20N2O2. The van der Waals surface area contributed by atoms with Gasteiger partial charge in [-0.15, -0.1) is 0 Å². The van der Waals surface area contributed by atoms with E-state index in [9.17, 15) is 9.59 Å². The van der Waals surface area contributed by atoms with Gasteiger partial charge >= 0.3 is 0 Å². The molecule has 4 nitrogen and oxygen atoms in total. The van der Waals surface area contributed by atoms with Gasteiger partial charge < -0.3 is 10.2 Å². The van der Waals surface area contributed by atoms with Crippen molar-refractivity contribution in [3.05, 3.63) is 59.2 Å². The maximum absolute atomic E-state index is 12.8. The van der Waals surface area contributed by atoms with Crippen molar-refractivity contribution in [2.24, 2.45) is 0 Å². The van der Waals surface area contributed by atoms with Crippen LogP contribution < -0.4 is 10.2 Å². The van der Waals surface area contributed by atoms with Crippen LogP contribution in [0.15, 0.2) is 42.5 Å². The molecule has 1 N–H and O–H groups in total. The Bertz CT molecular complexity index is 783. The lowest BCUT2D eigenvalue weighted by Crippen LogP contribution is -2.37. The number of para-hydroxylation sites is 1. The summed E-state index contributed by atoms with van der Waals surface area (Å²) >= 11 is 0. The molecule has 1 aliphatic rings. The van der Waals surface area contributed by atoms with Gasteiger partial charge in [0.05, 0.1) is 5.92 Å². The van der Waals surface area contributed by atoms with E-state index in [1.807, 2.05) is 56.3 Å². The van der Waals surface area contributed by atoms with Crippen molar-refractivity contribution in [2.75, 3.05) is 17.3 Å². The third-order valence-electron chi connectivity index (χ3n) is 4.61. The van der Waals surface area contributed by atoms with Crippen LogP contribution in [0.1, 0.15) is 29.0 Å². The molecule has 0 radical (unpaired) electrons. The van der Waals surface area contributed by atoms with E-state index in [-0.39, 0.29) is 18.2 Å². The highest BCUT2D eigenvalue weighted by molar-refractivity contribution is 6.06. The van der Waals surface area contributed by atoms with Crippen LogP contribution in [0.4, 0.5) is 11.4 Å². The Kier molecular flexibility index (Phi) is 3.90. The smallest absolute Gasteiger partial charge is 0.232 e. The van der Waals surface area contributed by atoms with Crippen LogP contribution >= 0.6 is 0 Å². The molecule has 2 amide bonds. The van der Waals surface area contributed by atoms with Gasteiger partial charge in [-0.1, -0.05) is 30.3 Å². The van der Waals surface area contributed by atoms with Gasteiger partial charge in [0.25, 0.3) is 0 Å². The van der Waals surface area contributed by atoms with Crippen LogP contribution in [-0.4, -0.2) is 18.9 Å². The summed E-state index contributed by atoms with van der Waals surface area (Å²) in [7, 11) is 1.75. The van der Waals surface area contributed by atoms with Gasteiger partial charge in [0.1, 0.15) is 0 Å². The zero-order valence-electron chi connectivity index (χ0n) is 13.6. The van der Waals surface area contributed by atoms with E-state index in [0.717, 1.165) is 28.1 Å². The lowest BCUT2D eigenvalue weighted by atomic mass is 9.88. The molecule has 118 valence electrons. The van der Waals surface area contributed by atoms with Gasteiger partial charge in [-0.25, -0.2) is 0 Å². The zero-order valence-corrected chi connectivity index (χ0v) is 13.6. The zero-order chi connectivity index (χ0) is 16.6. The lowest BCUT2D eigenvalue weighted by molar-refractivity contribution is -0.124. The normalized spacial score (nSPS) is 16.9. The largest absolute Gasteiger partial charge is 0.325 e. The minimum Gasteiger partial charge on any atom is -0.325 e. The molecule has 0 saturated heterocycles. The molecule has 0 aromatic heterocycles. The number of anilines is 2. The summed E-state index contributed by atoms with van der Waals surface area (Å²) in [6.45, 7) is 4.00. The average molecular weight is 308 g/mol. The minimum absolute atomic E-state index is 0.0372. The first kappa shape index (κ1) is 15.3. The number of hydrogen-bond acceptors (Lipinski definition) is 2. The molecule has 0 bridgehead atoms. The molecule has 2 aromatic carbocycles. The van der Waals surface area contributed by atoms with Crippen molar-refractivity contribution in [3.8, 4) is 0 Å². The number of nitrogens with one attached hydrogen (secondary N) is 1. The first-order valence-corrected chi connectivity index (χ1v) is 7.71. The Morgan fingerprint density at radius 2 is 1.87 bits per heavy atom. The van der Waals surface area contributed by atoms with E-state index >= 15 is 0 Å². The molecule has 3 rings (SSSR count). The SMILES string of the molecule is Cc1cccc(NC(=O)C2CC(=O)N(C)c3ccccc32)c1C. The molecule has 0 aliphatic carbocycles. The van der Waals surface area contributed by atoms with Crippen molar-refractivity contribution >= 4 is 23.2 Å². The molecule has 0 spiro atoms. The van der Waals surface area contributed by atoms with Crippen LogP contribution in [0.5, 0.6) is 0 Å². The Morgan fingerprint density at radius 3 is 2.65 bits per heavy atom. The molecule has 1 heterocycles. The van der Waals surface area contributed by atoms with Crippen molar-refractivity contribution in [1.82, 2.24) is 0 Å². The van der Waals surface area contributed by atoms with Crippen molar-refractivity contribution in [1.29, 1.82) is 0 Å². The molecule has 0 fully saturated rings. The second kappa shape index (κ2) is 5.88. The molecule has 1 unspecified atom stereocenters. The van der Waals surface area contributed by atoms with Gasteiger partial charge in [-0.05, 0) is 42.7 Å². The van der Waals surface area contributed by atoms with E-state index in [1.165, 1.54) is 0 Å². The molecule has 4 heteroatoms.